The van der Waals surface area contributed by atoms with E-state index < -0.39 is 0 Å². The van der Waals surface area contributed by atoms with Gasteiger partial charge in [-0.15, -0.1) is 0 Å². The molecule has 2 bridgehead atoms. The van der Waals surface area contributed by atoms with Crippen molar-refractivity contribution in [3.63, 3.8) is 0 Å². The summed E-state index contributed by atoms with van der Waals surface area (Å²) in [5, 5.41) is 9.14. The summed E-state index contributed by atoms with van der Waals surface area (Å²) in [5.74, 6) is 0.655. The molecule has 8 aromatic rings. The van der Waals surface area contributed by atoms with Crippen LogP contribution in [-0.4, -0.2) is 24.8 Å². The van der Waals surface area contributed by atoms with Crippen molar-refractivity contribution in [2.45, 2.75) is 20.3 Å². The summed E-state index contributed by atoms with van der Waals surface area (Å²) in [6, 6.07) is 20.4. The molecule has 202 valence electrons. The Balaban J connectivity index is 1.42. The first-order valence-electron chi connectivity index (χ1n) is 14.5. The molecule has 0 unspecified atom stereocenters. The van der Waals surface area contributed by atoms with E-state index in [9.17, 15) is 9.59 Å². The van der Waals surface area contributed by atoms with Gasteiger partial charge in [0, 0.05) is 33.7 Å². The van der Waals surface area contributed by atoms with Crippen LogP contribution in [0.25, 0.3) is 83.3 Å². The number of imidazole rings is 2. The van der Waals surface area contributed by atoms with Gasteiger partial charge in [0.15, 0.2) is 0 Å². The summed E-state index contributed by atoms with van der Waals surface area (Å²) in [6.45, 7) is 3.91. The number of carbonyl (C=O) groups excluding carboxylic acids is 1. The molecule has 0 radical (unpaired) electrons. The molecule has 0 atom stereocenters. The normalized spacial score (nSPS) is 14.6. The predicted molar refractivity (Wildman–Crippen MR) is 173 cm³/mol. The van der Waals surface area contributed by atoms with E-state index in [-0.39, 0.29) is 11.5 Å². The fourth-order valence-corrected chi connectivity index (χ4v) is 7.73. The zero-order chi connectivity index (χ0) is 28.7. The third-order valence-electron chi connectivity index (χ3n) is 9.52. The van der Waals surface area contributed by atoms with Crippen LogP contribution < -0.4 is 10.8 Å². The Morgan fingerprint density at radius 3 is 2.42 bits per heavy atom. The highest BCUT2D eigenvalue weighted by molar-refractivity contribution is 6.31. The smallest absolute Gasteiger partial charge is 0.264 e. The van der Waals surface area contributed by atoms with Gasteiger partial charge >= 0.3 is 0 Å². The standard InChI is InChI=1S/C37H22N4O2/c1-3-6-29-18(2)38-34-24-14-11-21-23-13-16-26-33-25(35-39-28-7-4-5-8-30(28)41(35)37(26)43)15-12-22(32(23)33)20-10-9-19(36(42)40(29)34)17-27(24)31(20)21/h3-16H,17H2,1-2H3/b6-3-. The molecule has 6 heteroatoms. The third kappa shape index (κ3) is 2.61. The summed E-state index contributed by atoms with van der Waals surface area (Å²) >= 11 is 0. The SMILES string of the molecule is C/C=C\c1c(C)nc2n1C(=O)C1=CC=c3c4ccc5c6c(ccc(c7ccc-2c(c37)C1)c46)c(=O)n1c2ccccc2nc51. The fraction of sp³-hybridized carbons (Fsp3) is 0.0811. The van der Waals surface area contributed by atoms with Crippen LogP contribution in [-0.2, 0) is 6.42 Å². The molecule has 6 nitrogen and oxygen atoms in total. The summed E-state index contributed by atoms with van der Waals surface area (Å²) in [7, 11) is 0. The Morgan fingerprint density at radius 2 is 1.53 bits per heavy atom. The Bertz CT molecular complexity index is 2810. The van der Waals surface area contributed by atoms with E-state index in [1.54, 1.807) is 8.97 Å². The lowest BCUT2D eigenvalue weighted by Gasteiger charge is -2.17. The van der Waals surface area contributed by atoms with Gasteiger partial charge in [-0.05, 0) is 81.9 Å². The number of aromatic nitrogens is 4. The van der Waals surface area contributed by atoms with Crippen molar-refractivity contribution in [3.8, 4) is 11.4 Å². The van der Waals surface area contributed by atoms with Gasteiger partial charge in [0.05, 0.1) is 22.4 Å². The van der Waals surface area contributed by atoms with E-state index >= 15 is 0 Å². The van der Waals surface area contributed by atoms with E-state index in [1.165, 1.54) is 0 Å². The molecule has 5 aromatic carbocycles. The summed E-state index contributed by atoms with van der Waals surface area (Å²) < 4.78 is 3.53. The number of carbonyl (C=O) groups is 1. The molecule has 10 rings (SSSR count). The van der Waals surface area contributed by atoms with Gasteiger partial charge in [0.1, 0.15) is 11.5 Å². The van der Waals surface area contributed by atoms with Crippen LogP contribution in [0.5, 0.6) is 0 Å². The van der Waals surface area contributed by atoms with Crippen LogP contribution in [0.2, 0.25) is 0 Å². The van der Waals surface area contributed by atoms with Gasteiger partial charge in [-0.3, -0.25) is 18.6 Å². The molecule has 0 spiro atoms. The maximum absolute atomic E-state index is 14.0. The maximum atomic E-state index is 14.0. The van der Waals surface area contributed by atoms with Gasteiger partial charge in [-0.2, -0.15) is 0 Å². The molecule has 3 aromatic heterocycles. The first-order valence-corrected chi connectivity index (χ1v) is 14.5. The van der Waals surface area contributed by atoms with Gasteiger partial charge in [-0.25, -0.2) is 9.97 Å². The molecule has 0 saturated heterocycles. The average Bonchev–Trinajstić information content (AvgIpc) is 3.45. The molecule has 0 fully saturated rings. The minimum atomic E-state index is -0.0575. The van der Waals surface area contributed by atoms with E-state index in [1.807, 2.05) is 62.4 Å². The van der Waals surface area contributed by atoms with Crippen LogP contribution in [0.15, 0.2) is 83.2 Å². The number of allylic oxidation sites excluding steroid dienone is 3. The summed E-state index contributed by atoms with van der Waals surface area (Å²) in [6.07, 6.45) is 8.53. The van der Waals surface area contributed by atoms with E-state index in [2.05, 4.69) is 36.4 Å². The quantitative estimate of drug-likeness (QED) is 0.167. The number of aryl methyl sites for hydroxylation is 1. The van der Waals surface area contributed by atoms with E-state index in [4.69, 9.17) is 9.97 Å². The zero-order valence-electron chi connectivity index (χ0n) is 23.4. The fourth-order valence-electron chi connectivity index (χ4n) is 7.73. The lowest BCUT2D eigenvalue weighted by Crippen LogP contribution is -2.15. The number of benzene rings is 5. The van der Waals surface area contributed by atoms with Crippen LogP contribution in [0, 0.1) is 6.92 Å². The van der Waals surface area contributed by atoms with Crippen molar-refractivity contribution in [2.24, 2.45) is 0 Å². The van der Waals surface area contributed by atoms with E-state index in [0.717, 1.165) is 82.0 Å². The van der Waals surface area contributed by atoms with Crippen molar-refractivity contribution >= 4 is 77.8 Å². The van der Waals surface area contributed by atoms with Crippen molar-refractivity contribution in [1.29, 1.82) is 0 Å². The Morgan fingerprint density at radius 1 is 0.791 bits per heavy atom. The van der Waals surface area contributed by atoms with Gasteiger partial charge in [0.25, 0.3) is 11.5 Å². The van der Waals surface area contributed by atoms with Crippen LogP contribution in [0.3, 0.4) is 0 Å². The summed E-state index contributed by atoms with van der Waals surface area (Å²) in [5.41, 5.74) is 6.75. The second-order valence-electron chi connectivity index (χ2n) is 11.6. The second kappa shape index (κ2) is 7.61. The second-order valence-corrected chi connectivity index (χ2v) is 11.6. The minimum Gasteiger partial charge on any atom is -0.269 e. The van der Waals surface area contributed by atoms with Crippen molar-refractivity contribution in [2.75, 3.05) is 0 Å². The van der Waals surface area contributed by atoms with Crippen molar-refractivity contribution < 1.29 is 4.79 Å². The molecule has 43 heavy (non-hydrogen) atoms. The first kappa shape index (κ1) is 23.0. The Labute approximate surface area is 243 Å². The molecular formula is C37H22N4O2. The van der Waals surface area contributed by atoms with Crippen molar-refractivity contribution in [1.82, 2.24) is 18.9 Å². The van der Waals surface area contributed by atoms with E-state index in [0.29, 0.717) is 23.3 Å². The number of nitrogens with zero attached hydrogens (tertiary/aromatic N) is 4. The topological polar surface area (TPSA) is 69.3 Å². The number of fused-ring (bicyclic) bond motifs is 9. The summed E-state index contributed by atoms with van der Waals surface area (Å²) in [4.78, 5) is 37.9. The molecular weight excluding hydrogens is 532 g/mol. The van der Waals surface area contributed by atoms with Crippen LogP contribution >= 0.6 is 0 Å². The molecule has 0 amide bonds. The van der Waals surface area contributed by atoms with Crippen LogP contribution in [0.4, 0.5) is 0 Å². The van der Waals surface area contributed by atoms with Crippen molar-refractivity contribution in [3.05, 3.63) is 111 Å². The highest BCUT2D eigenvalue weighted by Crippen LogP contribution is 2.42. The zero-order valence-corrected chi connectivity index (χ0v) is 23.4. The minimum absolute atomic E-state index is 0.0386. The molecule has 1 aliphatic heterocycles. The number of hydrogen-bond acceptors (Lipinski definition) is 4. The number of hydrogen-bond donors (Lipinski definition) is 0. The van der Waals surface area contributed by atoms with Crippen LogP contribution in [0.1, 0.15) is 28.7 Å². The molecule has 1 aliphatic carbocycles. The molecule has 0 N–H and O–H groups in total. The lowest BCUT2D eigenvalue weighted by molar-refractivity contribution is 0.0955. The average molecular weight is 555 g/mol. The molecule has 4 heterocycles. The monoisotopic (exact) mass is 554 g/mol. The number of rotatable bonds is 1. The highest BCUT2D eigenvalue weighted by atomic mass is 16.2. The van der Waals surface area contributed by atoms with Gasteiger partial charge in [-0.1, -0.05) is 54.6 Å². The molecule has 0 saturated carbocycles. The number of pyridine rings is 1. The maximum Gasteiger partial charge on any atom is 0.264 e. The van der Waals surface area contributed by atoms with Gasteiger partial charge < -0.3 is 0 Å². The largest absolute Gasteiger partial charge is 0.269 e. The van der Waals surface area contributed by atoms with Gasteiger partial charge in [0.2, 0.25) is 0 Å². The number of para-hydroxylation sites is 2. The predicted octanol–water partition coefficient (Wildman–Crippen LogP) is 6.74. The highest BCUT2D eigenvalue weighted by Gasteiger charge is 2.31. The lowest BCUT2D eigenvalue weighted by atomic mass is 9.86. The first-order chi connectivity index (χ1) is 21.0. The Hall–Kier alpha value is -5.62. The molecule has 2 aliphatic rings. The Kier molecular flexibility index (Phi) is 4.07. The third-order valence-corrected chi connectivity index (χ3v) is 9.52.